The molecule has 0 unspecified atom stereocenters. The van der Waals surface area contributed by atoms with Crippen LogP contribution in [0.2, 0.25) is 0 Å². The van der Waals surface area contributed by atoms with Gasteiger partial charge in [-0.2, -0.15) is 0 Å². The van der Waals surface area contributed by atoms with Gasteiger partial charge in [-0.3, -0.25) is 4.79 Å². The summed E-state index contributed by atoms with van der Waals surface area (Å²) in [6, 6.07) is -0.208. The number of hydrogen-bond acceptors (Lipinski definition) is 3. The van der Waals surface area contributed by atoms with Gasteiger partial charge in [0.25, 0.3) is 0 Å². The van der Waals surface area contributed by atoms with E-state index in [1.807, 2.05) is 0 Å². The number of amides is 3. The van der Waals surface area contributed by atoms with E-state index < -0.39 is 11.5 Å². The Labute approximate surface area is 154 Å². The molecule has 3 N–H and O–H groups in total. The molecule has 0 aromatic heterocycles. The van der Waals surface area contributed by atoms with Gasteiger partial charge < -0.3 is 20.6 Å². The first-order chi connectivity index (χ1) is 12.1. The molecular weight excluding hydrogens is 334 g/mol. The molecule has 0 saturated heterocycles. The van der Waals surface area contributed by atoms with Gasteiger partial charge in [-0.15, -0.1) is 0 Å². The first kappa shape index (κ1) is 19.0. The van der Waals surface area contributed by atoms with Gasteiger partial charge in [0.1, 0.15) is 5.54 Å². The van der Waals surface area contributed by atoms with Crippen molar-refractivity contribution in [1.82, 2.24) is 15.5 Å². The zero-order valence-electron chi connectivity index (χ0n) is 16.0. The summed E-state index contributed by atoms with van der Waals surface area (Å²) in [5.41, 5.74) is -1.32. The van der Waals surface area contributed by atoms with Crippen LogP contribution in [0.5, 0.6) is 0 Å². The van der Waals surface area contributed by atoms with Crippen molar-refractivity contribution in [2.45, 2.75) is 69.9 Å². The Hall–Kier alpha value is -1.79. The number of likely N-dealkylation sites (N-methyl/N-ethyl adjacent to an activating group) is 1. The van der Waals surface area contributed by atoms with E-state index >= 15 is 0 Å². The van der Waals surface area contributed by atoms with Gasteiger partial charge >= 0.3 is 12.0 Å². The van der Waals surface area contributed by atoms with E-state index in [4.69, 9.17) is 0 Å². The summed E-state index contributed by atoms with van der Waals surface area (Å²) in [6.07, 6.45) is 7.30. The maximum Gasteiger partial charge on any atom is 0.329 e. The zero-order chi connectivity index (χ0) is 19.1. The number of carboxylic acids is 1. The normalized spacial score (nSPS) is 32.2. The van der Waals surface area contributed by atoms with Crippen LogP contribution in [0.1, 0.15) is 58.8 Å². The van der Waals surface area contributed by atoms with Crippen LogP contribution in [0, 0.1) is 17.8 Å². The molecule has 4 saturated carbocycles. The molecule has 146 valence electrons. The van der Waals surface area contributed by atoms with Crippen molar-refractivity contribution in [3.8, 4) is 0 Å². The first-order valence-electron chi connectivity index (χ1n) is 9.67. The van der Waals surface area contributed by atoms with Crippen LogP contribution in [-0.2, 0) is 9.59 Å². The average molecular weight is 365 g/mol. The van der Waals surface area contributed by atoms with E-state index in [-0.39, 0.29) is 30.4 Å². The summed E-state index contributed by atoms with van der Waals surface area (Å²) >= 11 is 0. The Bertz CT molecular complexity index is 566. The van der Waals surface area contributed by atoms with E-state index in [1.165, 1.54) is 45.1 Å². The van der Waals surface area contributed by atoms with Gasteiger partial charge in [0.2, 0.25) is 5.91 Å². The Morgan fingerprint density at radius 2 is 1.58 bits per heavy atom. The molecule has 0 aromatic rings. The lowest BCUT2D eigenvalue weighted by Crippen LogP contribution is -2.61. The highest BCUT2D eigenvalue weighted by atomic mass is 16.4. The van der Waals surface area contributed by atoms with Gasteiger partial charge in [-0.25, -0.2) is 9.59 Å². The predicted molar refractivity (Wildman–Crippen MR) is 96.5 cm³/mol. The van der Waals surface area contributed by atoms with Crippen molar-refractivity contribution < 1.29 is 19.5 Å². The Balaban J connectivity index is 1.45. The second-order valence-corrected chi connectivity index (χ2v) is 9.15. The fraction of sp³-hybridized carbons (Fsp3) is 0.842. The molecule has 0 aromatic carbocycles. The van der Waals surface area contributed by atoms with Crippen LogP contribution in [0.3, 0.4) is 0 Å². The number of carbonyl (C=O) groups is 3. The molecule has 0 heterocycles. The van der Waals surface area contributed by atoms with Crippen LogP contribution in [0.25, 0.3) is 0 Å². The number of carboxylic acid groups (broad SMARTS) is 1. The summed E-state index contributed by atoms with van der Waals surface area (Å²) in [5, 5.41) is 15.2. The molecule has 4 aliphatic rings. The lowest BCUT2D eigenvalue weighted by Gasteiger charge is -2.56. The van der Waals surface area contributed by atoms with Gasteiger partial charge in [0, 0.05) is 25.6 Å². The molecule has 4 aliphatic carbocycles. The molecule has 0 aliphatic heterocycles. The van der Waals surface area contributed by atoms with Crippen molar-refractivity contribution in [2.75, 3.05) is 13.6 Å². The first-order valence-corrected chi connectivity index (χ1v) is 9.67. The topological polar surface area (TPSA) is 98.7 Å². The van der Waals surface area contributed by atoms with Crippen molar-refractivity contribution in [1.29, 1.82) is 0 Å². The summed E-state index contributed by atoms with van der Waals surface area (Å²) in [6.45, 7) is 3.18. The van der Waals surface area contributed by atoms with E-state index in [0.29, 0.717) is 0 Å². The number of carbonyl (C=O) groups excluding carboxylic acids is 2. The molecule has 0 atom stereocenters. The highest BCUT2D eigenvalue weighted by Crippen LogP contribution is 2.55. The quantitative estimate of drug-likeness (QED) is 0.670. The number of aliphatic carboxylic acids is 1. The van der Waals surface area contributed by atoms with Crippen molar-refractivity contribution in [2.24, 2.45) is 17.8 Å². The molecule has 4 bridgehead atoms. The number of nitrogens with zero attached hydrogens (tertiary/aromatic N) is 1. The fourth-order valence-corrected chi connectivity index (χ4v) is 5.45. The second kappa shape index (κ2) is 6.74. The number of rotatable bonds is 6. The van der Waals surface area contributed by atoms with Crippen molar-refractivity contribution >= 4 is 17.9 Å². The highest BCUT2D eigenvalue weighted by Gasteiger charge is 2.51. The summed E-state index contributed by atoms with van der Waals surface area (Å²) in [4.78, 5) is 37.0. The minimum atomic E-state index is -1.27. The van der Waals surface area contributed by atoms with Crippen LogP contribution >= 0.6 is 0 Å². The third-order valence-corrected chi connectivity index (χ3v) is 6.78. The summed E-state index contributed by atoms with van der Waals surface area (Å²) < 4.78 is 0. The fourth-order valence-electron chi connectivity index (χ4n) is 5.45. The Morgan fingerprint density at radius 3 is 2.04 bits per heavy atom. The van der Waals surface area contributed by atoms with Gasteiger partial charge in [-0.05, 0) is 70.1 Å². The third-order valence-electron chi connectivity index (χ3n) is 6.78. The van der Waals surface area contributed by atoms with Crippen LogP contribution in [0.15, 0.2) is 0 Å². The van der Waals surface area contributed by atoms with Crippen molar-refractivity contribution in [3.63, 3.8) is 0 Å². The second-order valence-electron chi connectivity index (χ2n) is 9.15. The predicted octanol–water partition coefficient (Wildman–Crippen LogP) is 1.97. The Kier molecular flexibility index (Phi) is 4.92. The SMILES string of the molecule is CN(C(=O)CCNC(=O)NC12CC3CC(CC(C3)C1)C2)C(C)(C)C(=O)O. The van der Waals surface area contributed by atoms with Crippen molar-refractivity contribution in [3.05, 3.63) is 0 Å². The minimum absolute atomic E-state index is 0.0507. The molecule has 26 heavy (non-hydrogen) atoms. The summed E-state index contributed by atoms with van der Waals surface area (Å²) in [7, 11) is 1.48. The molecule has 4 rings (SSSR count). The van der Waals surface area contributed by atoms with E-state index in [0.717, 1.165) is 37.0 Å². The van der Waals surface area contributed by atoms with Gasteiger partial charge in [-0.1, -0.05) is 0 Å². The summed E-state index contributed by atoms with van der Waals surface area (Å²) in [5.74, 6) is 0.924. The van der Waals surface area contributed by atoms with Crippen LogP contribution in [0.4, 0.5) is 4.79 Å². The molecule has 7 heteroatoms. The molecule has 4 fully saturated rings. The maximum absolute atomic E-state index is 12.3. The van der Waals surface area contributed by atoms with Gasteiger partial charge in [0.15, 0.2) is 0 Å². The van der Waals surface area contributed by atoms with Gasteiger partial charge in [0.05, 0.1) is 0 Å². The van der Waals surface area contributed by atoms with E-state index in [9.17, 15) is 19.5 Å². The lowest BCUT2D eigenvalue weighted by molar-refractivity contribution is -0.155. The highest BCUT2D eigenvalue weighted by molar-refractivity contribution is 5.86. The smallest absolute Gasteiger partial charge is 0.329 e. The van der Waals surface area contributed by atoms with E-state index in [2.05, 4.69) is 10.6 Å². The number of nitrogens with one attached hydrogen (secondary N) is 2. The molecule has 0 radical (unpaired) electrons. The van der Waals surface area contributed by atoms with Crippen LogP contribution in [-0.4, -0.2) is 52.6 Å². The molecule has 3 amide bonds. The minimum Gasteiger partial charge on any atom is -0.480 e. The number of urea groups is 1. The third kappa shape index (κ3) is 3.67. The molecule has 0 spiro atoms. The van der Waals surface area contributed by atoms with Crippen LogP contribution < -0.4 is 10.6 Å². The Morgan fingerprint density at radius 1 is 1.08 bits per heavy atom. The average Bonchev–Trinajstić information content (AvgIpc) is 2.51. The standard InChI is InChI=1S/C19H31N3O4/c1-18(2,16(24)25)22(3)15(23)4-5-20-17(26)21-19-9-12-6-13(10-19)8-14(7-12)11-19/h12-14H,4-11H2,1-3H3,(H,24,25)(H2,20,21,26). The monoisotopic (exact) mass is 365 g/mol. The number of hydrogen-bond donors (Lipinski definition) is 3. The largest absolute Gasteiger partial charge is 0.480 e. The zero-order valence-corrected chi connectivity index (χ0v) is 16.0. The maximum atomic E-state index is 12.3. The lowest BCUT2D eigenvalue weighted by atomic mass is 9.53. The molecular formula is C19H31N3O4. The molecule has 7 nitrogen and oxygen atoms in total. The van der Waals surface area contributed by atoms with E-state index in [1.54, 1.807) is 0 Å².